The van der Waals surface area contributed by atoms with Gasteiger partial charge in [-0.25, -0.2) is 0 Å². The Morgan fingerprint density at radius 1 is 1.38 bits per heavy atom. The first-order chi connectivity index (χ1) is 7.77. The van der Waals surface area contributed by atoms with Crippen LogP contribution in [0.2, 0.25) is 0 Å². The standard InChI is InChI=1S/C13H15ClO2/c1-3-15-10-16-13-7-6-12(5-4-8-14)9-11(13)2/h6-7,9H,3,8,10H2,1-2H3. The van der Waals surface area contributed by atoms with Crippen molar-refractivity contribution in [2.75, 3.05) is 19.3 Å². The lowest BCUT2D eigenvalue weighted by molar-refractivity contribution is 0.0220. The monoisotopic (exact) mass is 238 g/mol. The lowest BCUT2D eigenvalue weighted by Crippen LogP contribution is -2.03. The Balaban J connectivity index is 2.67. The number of benzene rings is 1. The van der Waals surface area contributed by atoms with Crippen LogP contribution in [-0.4, -0.2) is 19.3 Å². The van der Waals surface area contributed by atoms with Crippen molar-refractivity contribution in [2.24, 2.45) is 0 Å². The van der Waals surface area contributed by atoms with Crippen molar-refractivity contribution in [2.45, 2.75) is 13.8 Å². The summed E-state index contributed by atoms with van der Waals surface area (Å²) in [6.45, 7) is 4.84. The van der Waals surface area contributed by atoms with E-state index in [1.807, 2.05) is 32.0 Å². The third-order valence-corrected chi connectivity index (χ3v) is 2.11. The second-order valence-electron chi connectivity index (χ2n) is 3.17. The van der Waals surface area contributed by atoms with E-state index in [-0.39, 0.29) is 6.79 Å². The van der Waals surface area contributed by atoms with Gasteiger partial charge in [0, 0.05) is 12.2 Å². The molecule has 0 heterocycles. The predicted molar refractivity (Wildman–Crippen MR) is 65.9 cm³/mol. The molecule has 0 aliphatic carbocycles. The molecule has 0 atom stereocenters. The second kappa shape index (κ2) is 7.16. The van der Waals surface area contributed by atoms with Gasteiger partial charge in [-0.15, -0.1) is 11.6 Å². The van der Waals surface area contributed by atoms with Crippen molar-refractivity contribution in [3.8, 4) is 17.6 Å². The van der Waals surface area contributed by atoms with E-state index in [2.05, 4.69) is 11.8 Å². The number of alkyl halides is 1. The van der Waals surface area contributed by atoms with Crippen molar-refractivity contribution in [1.82, 2.24) is 0 Å². The lowest BCUT2D eigenvalue weighted by Gasteiger charge is -2.08. The SMILES string of the molecule is CCOCOc1ccc(C#CCCl)cc1C. The molecular weight excluding hydrogens is 224 g/mol. The molecule has 0 N–H and O–H groups in total. The molecule has 1 aromatic carbocycles. The molecule has 86 valence electrons. The number of hydrogen-bond donors (Lipinski definition) is 0. The largest absolute Gasteiger partial charge is 0.467 e. The predicted octanol–water partition coefficient (Wildman–Crippen LogP) is 2.96. The van der Waals surface area contributed by atoms with E-state index in [9.17, 15) is 0 Å². The molecule has 0 aliphatic rings. The van der Waals surface area contributed by atoms with Crippen molar-refractivity contribution >= 4 is 11.6 Å². The van der Waals surface area contributed by atoms with Gasteiger partial charge >= 0.3 is 0 Å². The molecule has 0 saturated heterocycles. The van der Waals surface area contributed by atoms with Crippen LogP contribution in [0.25, 0.3) is 0 Å². The van der Waals surface area contributed by atoms with Gasteiger partial charge in [0.1, 0.15) is 5.75 Å². The molecule has 0 aromatic heterocycles. The minimum atomic E-state index is 0.282. The Hall–Kier alpha value is -1.17. The third-order valence-electron chi connectivity index (χ3n) is 1.98. The summed E-state index contributed by atoms with van der Waals surface area (Å²) in [7, 11) is 0. The highest BCUT2D eigenvalue weighted by Crippen LogP contribution is 2.18. The van der Waals surface area contributed by atoms with Gasteiger partial charge in [0.15, 0.2) is 6.79 Å². The van der Waals surface area contributed by atoms with Gasteiger partial charge in [-0.3, -0.25) is 0 Å². The molecule has 2 nitrogen and oxygen atoms in total. The fraction of sp³-hybridized carbons (Fsp3) is 0.385. The normalized spacial score (nSPS) is 9.44. The van der Waals surface area contributed by atoms with E-state index in [4.69, 9.17) is 21.1 Å². The van der Waals surface area contributed by atoms with Crippen LogP contribution in [0, 0.1) is 18.8 Å². The fourth-order valence-electron chi connectivity index (χ4n) is 1.21. The summed E-state index contributed by atoms with van der Waals surface area (Å²) in [5.41, 5.74) is 1.99. The maximum absolute atomic E-state index is 5.49. The van der Waals surface area contributed by atoms with Gasteiger partial charge in [-0.2, -0.15) is 0 Å². The van der Waals surface area contributed by atoms with E-state index < -0.39 is 0 Å². The van der Waals surface area contributed by atoms with Gasteiger partial charge in [0.2, 0.25) is 0 Å². The van der Waals surface area contributed by atoms with E-state index >= 15 is 0 Å². The Morgan fingerprint density at radius 3 is 2.81 bits per heavy atom. The van der Waals surface area contributed by atoms with Gasteiger partial charge in [0.05, 0.1) is 5.88 Å². The number of rotatable bonds is 4. The van der Waals surface area contributed by atoms with E-state index in [0.29, 0.717) is 12.5 Å². The van der Waals surface area contributed by atoms with Crippen LogP contribution in [0.4, 0.5) is 0 Å². The van der Waals surface area contributed by atoms with Crippen molar-refractivity contribution < 1.29 is 9.47 Å². The summed E-state index contributed by atoms with van der Waals surface area (Å²) in [4.78, 5) is 0. The quantitative estimate of drug-likeness (QED) is 0.348. The molecule has 0 spiro atoms. The summed E-state index contributed by atoms with van der Waals surface area (Å²) < 4.78 is 10.6. The highest BCUT2D eigenvalue weighted by Gasteiger charge is 1.99. The van der Waals surface area contributed by atoms with Crippen molar-refractivity contribution in [3.05, 3.63) is 29.3 Å². The summed E-state index contributed by atoms with van der Waals surface area (Å²) in [5.74, 6) is 6.95. The van der Waals surface area contributed by atoms with E-state index in [0.717, 1.165) is 16.9 Å². The molecule has 3 heteroatoms. The third kappa shape index (κ3) is 4.14. The van der Waals surface area contributed by atoms with Crippen LogP contribution in [0.3, 0.4) is 0 Å². The Labute approximate surface area is 102 Å². The highest BCUT2D eigenvalue weighted by atomic mass is 35.5. The van der Waals surface area contributed by atoms with E-state index in [1.165, 1.54) is 0 Å². The number of aryl methyl sites for hydroxylation is 1. The van der Waals surface area contributed by atoms with Crippen LogP contribution >= 0.6 is 11.6 Å². The van der Waals surface area contributed by atoms with Crippen molar-refractivity contribution in [3.63, 3.8) is 0 Å². The minimum Gasteiger partial charge on any atom is -0.467 e. The first-order valence-electron chi connectivity index (χ1n) is 5.14. The van der Waals surface area contributed by atoms with Crippen LogP contribution in [0.15, 0.2) is 18.2 Å². The molecule has 0 unspecified atom stereocenters. The fourth-order valence-corrected chi connectivity index (χ4v) is 1.28. The van der Waals surface area contributed by atoms with Gasteiger partial charge in [-0.05, 0) is 37.6 Å². The molecule has 0 radical (unpaired) electrons. The smallest absolute Gasteiger partial charge is 0.189 e. The van der Waals surface area contributed by atoms with E-state index in [1.54, 1.807) is 0 Å². The zero-order valence-electron chi connectivity index (χ0n) is 9.55. The summed E-state index contributed by atoms with van der Waals surface area (Å²) in [5, 5.41) is 0. The van der Waals surface area contributed by atoms with Gasteiger partial charge in [0.25, 0.3) is 0 Å². The average molecular weight is 239 g/mol. The molecular formula is C13H15ClO2. The molecule has 0 saturated carbocycles. The zero-order valence-corrected chi connectivity index (χ0v) is 10.3. The summed E-state index contributed by atoms with van der Waals surface area (Å²) in [6.07, 6.45) is 0. The Kier molecular flexibility index (Phi) is 5.77. The molecule has 16 heavy (non-hydrogen) atoms. The van der Waals surface area contributed by atoms with Crippen LogP contribution in [-0.2, 0) is 4.74 Å². The summed E-state index contributed by atoms with van der Waals surface area (Å²) >= 11 is 5.49. The lowest BCUT2D eigenvalue weighted by atomic mass is 10.1. The molecule has 1 aromatic rings. The summed E-state index contributed by atoms with van der Waals surface area (Å²) in [6, 6.07) is 5.78. The minimum absolute atomic E-state index is 0.282. The topological polar surface area (TPSA) is 18.5 Å². The molecule has 1 rings (SSSR count). The number of hydrogen-bond acceptors (Lipinski definition) is 2. The zero-order chi connectivity index (χ0) is 11.8. The Morgan fingerprint density at radius 2 is 2.19 bits per heavy atom. The first kappa shape index (κ1) is 12.9. The highest BCUT2D eigenvalue weighted by molar-refractivity contribution is 6.19. The van der Waals surface area contributed by atoms with Gasteiger partial charge in [-0.1, -0.05) is 11.8 Å². The maximum Gasteiger partial charge on any atom is 0.189 e. The molecule has 0 aliphatic heterocycles. The number of ether oxygens (including phenoxy) is 2. The van der Waals surface area contributed by atoms with Crippen LogP contribution in [0.5, 0.6) is 5.75 Å². The molecule has 0 fully saturated rings. The molecule has 0 bridgehead atoms. The second-order valence-corrected chi connectivity index (χ2v) is 3.44. The first-order valence-corrected chi connectivity index (χ1v) is 5.67. The van der Waals surface area contributed by atoms with Crippen LogP contribution < -0.4 is 4.74 Å². The van der Waals surface area contributed by atoms with Crippen molar-refractivity contribution in [1.29, 1.82) is 0 Å². The van der Waals surface area contributed by atoms with Crippen LogP contribution in [0.1, 0.15) is 18.1 Å². The van der Waals surface area contributed by atoms with Gasteiger partial charge < -0.3 is 9.47 Å². The molecule has 0 amide bonds. The maximum atomic E-state index is 5.49. The number of halogens is 1. The Bertz CT molecular complexity index is 391. The average Bonchev–Trinajstić information content (AvgIpc) is 2.29.